The fraction of sp³-hybridized carbons (Fsp3) is 0.527. The summed E-state index contributed by atoms with van der Waals surface area (Å²) < 4.78 is 49.9. The maximum absolute atomic E-state index is 14.8. The first-order chi connectivity index (χ1) is 34.9. The molecule has 2 aromatic heterocycles. The van der Waals surface area contributed by atoms with Gasteiger partial charge in [0.05, 0.1) is 57.6 Å². The molecule has 388 valence electrons. The van der Waals surface area contributed by atoms with Crippen molar-refractivity contribution in [1.29, 1.82) is 0 Å². The Morgan fingerprint density at radius 3 is 2.49 bits per heavy atom. The predicted molar refractivity (Wildman–Crippen MR) is 279 cm³/mol. The summed E-state index contributed by atoms with van der Waals surface area (Å²) in [6, 6.07) is 22.2. The van der Waals surface area contributed by atoms with E-state index in [0.29, 0.717) is 61.4 Å². The zero-order valence-electron chi connectivity index (χ0n) is 42.3. The summed E-state index contributed by atoms with van der Waals surface area (Å²) in [6.07, 6.45) is 10.0. The van der Waals surface area contributed by atoms with E-state index in [1.807, 2.05) is 51.2 Å². The van der Waals surface area contributed by atoms with E-state index in [1.165, 1.54) is 23.3 Å². The normalized spacial score (nSPS) is 26.3. The third-order valence-corrected chi connectivity index (χ3v) is 18.3. The molecule has 5 aromatic rings. The number of ether oxygens (including phenoxy) is 3. The summed E-state index contributed by atoms with van der Waals surface area (Å²) in [5.74, 6) is -0.327. The number of pyridine rings is 1. The number of H-pyrrole nitrogens is 1. The van der Waals surface area contributed by atoms with Crippen LogP contribution in [-0.2, 0) is 19.5 Å². The lowest BCUT2D eigenvalue weighted by Gasteiger charge is -2.56. The zero-order chi connectivity index (χ0) is 50.9. The number of aromatic nitrogens is 2. The van der Waals surface area contributed by atoms with Crippen LogP contribution in [0.1, 0.15) is 113 Å². The van der Waals surface area contributed by atoms with Crippen LogP contribution in [0.2, 0.25) is 0 Å². The van der Waals surface area contributed by atoms with Gasteiger partial charge in [0.15, 0.2) is 0 Å². The fourth-order valence-corrected chi connectivity index (χ4v) is 13.7. The minimum atomic E-state index is -4.64. The molecule has 11 rings (SSSR count). The lowest BCUT2D eigenvalue weighted by molar-refractivity contribution is -0.384. The van der Waals surface area contributed by atoms with E-state index in [1.54, 1.807) is 6.07 Å². The number of carbonyl (C=O) groups excluding carboxylic acids is 1. The van der Waals surface area contributed by atoms with E-state index >= 15 is 0 Å². The van der Waals surface area contributed by atoms with Gasteiger partial charge in [0.1, 0.15) is 23.1 Å². The first-order valence-electron chi connectivity index (χ1n) is 26.1. The molecule has 4 aliphatic heterocycles. The average molecular weight is 1020 g/mol. The molecule has 3 atom stereocenters. The Balaban J connectivity index is 0.885. The minimum Gasteiger partial charge on any atom is -0.468 e. The Hall–Kier alpha value is -5.79. The number of hydrogen-bond donors (Lipinski definition) is 4. The van der Waals surface area contributed by atoms with Gasteiger partial charge in [0.2, 0.25) is 5.88 Å². The summed E-state index contributed by atoms with van der Waals surface area (Å²) in [7, 11) is -4.64. The van der Waals surface area contributed by atoms with Gasteiger partial charge in [-0.15, -0.1) is 0 Å². The number of aliphatic hydroxyl groups is 1. The van der Waals surface area contributed by atoms with Gasteiger partial charge in [0.25, 0.3) is 21.6 Å². The molecule has 6 aliphatic rings. The van der Waals surface area contributed by atoms with E-state index in [4.69, 9.17) is 19.2 Å². The highest BCUT2D eigenvalue weighted by Crippen LogP contribution is 2.54. The van der Waals surface area contributed by atoms with Gasteiger partial charge in [-0.2, -0.15) is 4.98 Å². The lowest BCUT2D eigenvalue weighted by Crippen LogP contribution is -2.57. The van der Waals surface area contributed by atoms with Crippen LogP contribution in [0.5, 0.6) is 5.88 Å². The minimum absolute atomic E-state index is 0.108. The van der Waals surface area contributed by atoms with Gasteiger partial charge in [-0.25, -0.2) is 13.1 Å². The first kappa shape index (κ1) is 49.4. The van der Waals surface area contributed by atoms with E-state index in [9.17, 15) is 28.4 Å². The van der Waals surface area contributed by atoms with Crippen molar-refractivity contribution in [3.8, 4) is 5.88 Å². The molecule has 6 heterocycles. The molecule has 2 aliphatic carbocycles. The zero-order valence-corrected chi connectivity index (χ0v) is 43.1. The van der Waals surface area contributed by atoms with Crippen LogP contribution in [0.15, 0.2) is 83.9 Å². The molecule has 3 saturated heterocycles. The summed E-state index contributed by atoms with van der Waals surface area (Å²) >= 11 is 0. The number of aryl methyl sites for hydroxylation is 1. The molecule has 4 N–H and O–H groups in total. The van der Waals surface area contributed by atoms with Gasteiger partial charge in [-0.1, -0.05) is 24.3 Å². The van der Waals surface area contributed by atoms with Crippen molar-refractivity contribution in [2.24, 2.45) is 11.3 Å². The predicted octanol–water partition coefficient (Wildman–Crippen LogP) is 8.93. The number of hydrogen-bond acceptors (Lipinski definition) is 14. The van der Waals surface area contributed by atoms with Crippen molar-refractivity contribution in [1.82, 2.24) is 19.6 Å². The largest absolute Gasteiger partial charge is 0.468 e. The Morgan fingerprint density at radius 2 is 1.73 bits per heavy atom. The highest BCUT2D eigenvalue weighted by molar-refractivity contribution is 7.90. The number of rotatable bonds is 11. The summed E-state index contributed by atoms with van der Waals surface area (Å²) in [6.45, 7) is 12.9. The number of sulfonamides is 1. The van der Waals surface area contributed by atoms with E-state index < -0.39 is 48.7 Å². The number of nitro benzene ring substituents is 1. The smallest absolute Gasteiger partial charge is 0.293 e. The van der Waals surface area contributed by atoms with Crippen molar-refractivity contribution < 1.29 is 37.5 Å². The molecule has 5 fully saturated rings. The number of anilines is 4. The van der Waals surface area contributed by atoms with Crippen LogP contribution in [-0.4, -0.2) is 115 Å². The maximum atomic E-state index is 14.8. The Morgan fingerprint density at radius 1 is 0.945 bits per heavy atom. The molecular weight excluding hydrogens is 949 g/mol. The van der Waals surface area contributed by atoms with E-state index in [2.05, 4.69) is 60.9 Å². The number of nitro groups is 1. The highest BCUT2D eigenvalue weighted by atomic mass is 32.2. The number of carbonyl (C=O) groups is 1. The Bertz CT molecular complexity index is 3010. The maximum Gasteiger partial charge on any atom is 0.293 e. The van der Waals surface area contributed by atoms with Crippen molar-refractivity contribution in [3.63, 3.8) is 0 Å². The summed E-state index contributed by atoms with van der Waals surface area (Å²) in [5.41, 5.74) is 4.16. The Labute approximate surface area is 427 Å². The molecule has 0 bridgehead atoms. The second kappa shape index (κ2) is 19.2. The second-order valence-electron chi connectivity index (χ2n) is 22.6. The number of nitrogens with one attached hydrogen (secondary N) is 3. The molecule has 0 radical (unpaired) electrons. The van der Waals surface area contributed by atoms with Crippen LogP contribution < -0.4 is 24.6 Å². The standard InChI is InChI=1S/C55H68N8O9S/c1-35-8-5-6-9-41(35)48-33-70-25-7-22-61(48)39-29-55(30-39)19-23-60(24-20-55)38-10-12-42(44(27-38)62-46-26-37-16-21-56-50(37)58-52(46)72-49-34-71-53(2,3)31-47(49)62)51(64)59-73(68,69)40-11-13-43(45(28-40)63(66)67)57-32-36-14-17-54(4,65)18-15-36/h5-6,8-13,16,21,26-28,36,39,47-49,57,65H,7,14-15,17-20,22-25,29-34H2,1-4H3,(H,56,58)(H,59,64)/t36?,47-,48-,49-,54?/m0/s1. The highest BCUT2D eigenvalue weighted by Gasteiger charge is 2.50. The fourth-order valence-electron chi connectivity index (χ4n) is 12.7. The lowest BCUT2D eigenvalue weighted by atomic mass is 9.59. The summed E-state index contributed by atoms with van der Waals surface area (Å²) in [5, 5.41) is 26.8. The summed E-state index contributed by atoms with van der Waals surface area (Å²) in [4.78, 5) is 41.5. The molecule has 1 spiro atoms. The van der Waals surface area contributed by atoms with Crippen LogP contribution in [0, 0.1) is 28.4 Å². The van der Waals surface area contributed by atoms with Gasteiger partial charge >= 0.3 is 0 Å². The number of nitrogens with zero attached hydrogens (tertiary/aromatic N) is 5. The molecule has 2 saturated carbocycles. The van der Waals surface area contributed by atoms with Crippen LogP contribution in [0.25, 0.3) is 11.0 Å². The monoisotopic (exact) mass is 1020 g/mol. The second-order valence-corrected chi connectivity index (χ2v) is 24.3. The van der Waals surface area contributed by atoms with Gasteiger partial charge < -0.3 is 39.4 Å². The third-order valence-electron chi connectivity index (χ3n) is 17.0. The number of aromatic amines is 1. The molecule has 18 heteroatoms. The number of fused-ring (bicyclic) bond motifs is 3. The van der Waals surface area contributed by atoms with Crippen molar-refractivity contribution in [2.75, 3.05) is 61.1 Å². The molecular formula is C55H68N8O9S. The van der Waals surface area contributed by atoms with Crippen molar-refractivity contribution in [2.45, 2.75) is 132 Å². The quantitative estimate of drug-likeness (QED) is 0.0721. The van der Waals surface area contributed by atoms with E-state index in [-0.39, 0.29) is 41.3 Å². The average Bonchev–Trinajstić information content (AvgIpc) is 3.68. The van der Waals surface area contributed by atoms with E-state index in [0.717, 1.165) is 88.3 Å². The Kier molecular flexibility index (Phi) is 13.0. The molecule has 3 aromatic carbocycles. The van der Waals surface area contributed by atoms with Gasteiger partial charge in [-0.3, -0.25) is 19.8 Å². The molecule has 0 unspecified atom stereocenters. The number of amides is 1. The van der Waals surface area contributed by atoms with Crippen LogP contribution in [0.3, 0.4) is 0 Å². The third kappa shape index (κ3) is 9.88. The number of benzene rings is 3. The van der Waals surface area contributed by atoms with Gasteiger partial charge in [0, 0.05) is 68.6 Å². The topological polar surface area (TPSA) is 205 Å². The molecule has 17 nitrogen and oxygen atoms in total. The SMILES string of the molecule is Cc1ccccc1[C@@H]1COCCCN1C1CC2(CCN(c3ccc(C(=O)NS(=O)(=O)c4ccc(NCC5CCC(C)(O)CC5)c([N+](=O)[O-])c4)c(N4c5cc6cc[nH]c6nc5O[C@H]5COC(C)(C)C[C@@H]54)c3)CC2)C1. The van der Waals surface area contributed by atoms with Crippen LogP contribution in [0.4, 0.5) is 28.4 Å². The molecule has 1 amide bonds. The van der Waals surface area contributed by atoms with Crippen molar-refractivity contribution in [3.05, 3.63) is 106 Å². The van der Waals surface area contributed by atoms with Crippen molar-refractivity contribution >= 4 is 55.4 Å². The molecule has 73 heavy (non-hydrogen) atoms. The van der Waals surface area contributed by atoms with Gasteiger partial charge in [-0.05, 0) is 150 Å². The van der Waals surface area contributed by atoms with Crippen LogP contribution >= 0.6 is 0 Å². The first-order valence-corrected chi connectivity index (χ1v) is 27.6. The number of piperidine rings is 1.